The normalized spacial score (nSPS) is 10.9. The number of nitrogens with one attached hydrogen (secondary N) is 1. The second-order valence-corrected chi connectivity index (χ2v) is 5.41. The van der Waals surface area contributed by atoms with Gasteiger partial charge in [0.05, 0.1) is 0 Å². The Balaban J connectivity index is 1.56. The number of fused-ring (bicyclic) bond motifs is 1. The predicted molar refractivity (Wildman–Crippen MR) is 88.3 cm³/mol. The second-order valence-electron chi connectivity index (χ2n) is 5.41. The maximum Gasteiger partial charge on any atom is 0.0346 e. The summed E-state index contributed by atoms with van der Waals surface area (Å²) in [5, 5.41) is 5.97. The highest BCUT2D eigenvalue weighted by molar-refractivity contribution is 5.81. The smallest absolute Gasteiger partial charge is 0.0346 e. The summed E-state index contributed by atoms with van der Waals surface area (Å²) in [6.07, 6.45) is 4.83. The lowest BCUT2D eigenvalue weighted by molar-refractivity contribution is 0.686. The van der Waals surface area contributed by atoms with Gasteiger partial charge in [0, 0.05) is 24.3 Å². The Kier molecular flexibility index (Phi) is 4.27. The van der Waals surface area contributed by atoms with Gasteiger partial charge in [0.2, 0.25) is 0 Å². The highest BCUT2D eigenvalue weighted by Crippen LogP contribution is 2.14. The fourth-order valence-corrected chi connectivity index (χ4v) is 2.59. The van der Waals surface area contributed by atoms with Crippen LogP contribution in [0.4, 0.5) is 0 Å². The van der Waals surface area contributed by atoms with Crippen molar-refractivity contribution in [2.45, 2.75) is 19.9 Å². The first-order chi connectivity index (χ1) is 10.3. The van der Waals surface area contributed by atoms with Crippen LogP contribution in [0.15, 0.2) is 60.9 Å². The quantitative estimate of drug-likeness (QED) is 0.715. The third kappa shape index (κ3) is 3.47. The first kappa shape index (κ1) is 13.8. The van der Waals surface area contributed by atoms with Crippen LogP contribution in [0.3, 0.4) is 0 Å². The fourth-order valence-electron chi connectivity index (χ4n) is 2.59. The molecule has 3 aromatic rings. The molecule has 0 amide bonds. The Morgan fingerprint density at radius 1 is 1.00 bits per heavy atom. The Bertz CT molecular complexity index is 734. The summed E-state index contributed by atoms with van der Waals surface area (Å²) in [5.74, 6) is 0. The molecule has 0 aliphatic carbocycles. The van der Waals surface area contributed by atoms with Crippen LogP contribution in [-0.2, 0) is 13.0 Å². The van der Waals surface area contributed by atoms with Crippen LogP contribution in [0.2, 0.25) is 0 Å². The lowest BCUT2D eigenvalue weighted by Crippen LogP contribution is -2.17. The Hall–Kier alpha value is -2.19. The van der Waals surface area contributed by atoms with Crippen LogP contribution < -0.4 is 5.32 Å². The van der Waals surface area contributed by atoms with E-state index in [0.717, 1.165) is 19.5 Å². The summed E-state index contributed by atoms with van der Waals surface area (Å²) < 4.78 is 0. The average Bonchev–Trinajstić information content (AvgIpc) is 2.53. The maximum absolute atomic E-state index is 4.14. The molecule has 2 aromatic carbocycles. The van der Waals surface area contributed by atoms with Gasteiger partial charge in [-0.15, -0.1) is 0 Å². The molecule has 2 nitrogen and oxygen atoms in total. The topological polar surface area (TPSA) is 24.9 Å². The van der Waals surface area contributed by atoms with Crippen LogP contribution in [-0.4, -0.2) is 11.5 Å². The number of aromatic nitrogens is 1. The Labute approximate surface area is 125 Å². The molecule has 0 spiro atoms. The number of nitrogens with zero attached hydrogens (tertiary/aromatic N) is 1. The number of hydrogen-bond acceptors (Lipinski definition) is 2. The molecule has 0 saturated carbocycles. The van der Waals surface area contributed by atoms with Crippen molar-refractivity contribution in [1.82, 2.24) is 10.3 Å². The summed E-state index contributed by atoms with van der Waals surface area (Å²) in [5.41, 5.74) is 4.12. The van der Waals surface area contributed by atoms with E-state index in [9.17, 15) is 0 Å². The van der Waals surface area contributed by atoms with E-state index < -0.39 is 0 Å². The summed E-state index contributed by atoms with van der Waals surface area (Å²) in [6, 6.07) is 17.2. The molecule has 0 fully saturated rings. The number of rotatable bonds is 5. The average molecular weight is 276 g/mol. The van der Waals surface area contributed by atoms with E-state index in [1.54, 1.807) is 0 Å². The molecule has 2 heteroatoms. The lowest BCUT2D eigenvalue weighted by atomic mass is 10.1. The van der Waals surface area contributed by atoms with Crippen LogP contribution in [0.25, 0.3) is 10.8 Å². The van der Waals surface area contributed by atoms with E-state index >= 15 is 0 Å². The molecule has 0 aliphatic rings. The van der Waals surface area contributed by atoms with Crippen LogP contribution in [0.5, 0.6) is 0 Å². The van der Waals surface area contributed by atoms with Crippen LogP contribution in [0, 0.1) is 6.92 Å². The SMILES string of the molecule is Cc1ccccc1CCNCc1ccc2cnccc2c1. The van der Waals surface area contributed by atoms with Gasteiger partial charge in [-0.3, -0.25) is 4.98 Å². The van der Waals surface area contributed by atoms with Crippen LogP contribution >= 0.6 is 0 Å². The van der Waals surface area contributed by atoms with Crippen molar-refractivity contribution in [1.29, 1.82) is 0 Å². The number of pyridine rings is 1. The Morgan fingerprint density at radius 3 is 2.81 bits per heavy atom. The standard InChI is InChI=1S/C19H20N2/c1-15-4-2-3-5-17(15)8-10-20-13-16-6-7-19-14-21-11-9-18(19)12-16/h2-7,9,11-12,14,20H,8,10,13H2,1H3. The minimum absolute atomic E-state index is 0.907. The number of benzene rings is 2. The molecule has 1 aromatic heterocycles. The molecule has 1 heterocycles. The zero-order chi connectivity index (χ0) is 14.5. The molecule has 21 heavy (non-hydrogen) atoms. The largest absolute Gasteiger partial charge is 0.312 e. The van der Waals surface area contributed by atoms with Crippen molar-refractivity contribution in [3.63, 3.8) is 0 Å². The molecular formula is C19H20N2. The summed E-state index contributed by atoms with van der Waals surface area (Å²) >= 11 is 0. The fraction of sp³-hybridized carbons (Fsp3) is 0.211. The van der Waals surface area contributed by atoms with E-state index in [2.05, 4.69) is 65.8 Å². The van der Waals surface area contributed by atoms with Gasteiger partial charge < -0.3 is 5.32 Å². The predicted octanol–water partition coefficient (Wildman–Crippen LogP) is 3.88. The van der Waals surface area contributed by atoms with E-state index in [4.69, 9.17) is 0 Å². The molecule has 0 unspecified atom stereocenters. The van der Waals surface area contributed by atoms with Crippen molar-refractivity contribution in [3.05, 3.63) is 77.6 Å². The molecule has 0 atom stereocenters. The first-order valence-electron chi connectivity index (χ1n) is 7.41. The zero-order valence-corrected chi connectivity index (χ0v) is 12.3. The minimum atomic E-state index is 0.907. The van der Waals surface area contributed by atoms with Crippen molar-refractivity contribution >= 4 is 10.8 Å². The highest BCUT2D eigenvalue weighted by Gasteiger charge is 1.98. The minimum Gasteiger partial charge on any atom is -0.312 e. The van der Waals surface area contributed by atoms with Gasteiger partial charge in [0.1, 0.15) is 0 Å². The first-order valence-corrected chi connectivity index (χ1v) is 7.41. The summed E-state index contributed by atoms with van der Waals surface area (Å²) in [4.78, 5) is 4.14. The van der Waals surface area contributed by atoms with Gasteiger partial charge in [-0.1, -0.05) is 36.4 Å². The monoisotopic (exact) mass is 276 g/mol. The molecule has 3 rings (SSSR count). The van der Waals surface area contributed by atoms with Crippen LogP contribution in [0.1, 0.15) is 16.7 Å². The summed E-state index contributed by atoms with van der Waals surface area (Å²) in [7, 11) is 0. The van der Waals surface area contributed by atoms with Crippen molar-refractivity contribution in [2.24, 2.45) is 0 Å². The van der Waals surface area contributed by atoms with Gasteiger partial charge >= 0.3 is 0 Å². The molecule has 0 aliphatic heterocycles. The molecule has 0 saturated heterocycles. The van der Waals surface area contributed by atoms with Crippen molar-refractivity contribution in [2.75, 3.05) is 6.54 Å². The maximum atomic E-state index is 4.14. The van der Waals surface area contributed by atoms with Gasteiger partial charge in [-0.05, 0) is 54.1 Å². The van der Waals surface area contributed by atoms with E-state index in [-0.39, 0.29) is 0 Å². The molecular weight excluding hydrogens is 256 g/mol. The molecule has 0 bridgehead atoms. The van der Waals surface area contributed by atoms with Gasteiger partial charge in [0.15, 0.2) is 0 Å². The molecule has 0 radical (unpaired) electrons. The van der Waals surface area contributed by atoms with E-state index in [0.29, 0.717) is 0 Å². The lowest BCUT2D eigenvalue weighted by Gasteiger charge is -2.08. The Morgan fingerprint density at radius 2 is 1.90 bits per heavy atom. The zero-order valence-electron chi connectivity index (χ0n) is 12.3. The van der Waals surface area contributed by atoms with E-state index in [1.807, 2.05) is 12.4 Å². The third-order valence-electron chi connectivity index (χ3n) is 3.87. The van der Waals surface area contributed by atoms with Crippen molar-refractivity contribution in [3.8, 4) is 0 Å². The second kappa shape index (κ2) is 6.51. The van der Waals surface area contributed by atoms with Gasteiger partial charge in [-0.2, -0.15) is 0 Å². The number of aryl methyl sites for hydroxylation is 1. The molecule has 106 valence electrons. The third-order valence-corrected chi connectivity index (χ3v) is 3.87. The molecule has 1 N–H and O–H groups in total. The van der Waals surface area contributed by atoms with Crippen molar-refractivity contribution < 1.29 is 0 Å². The highest BCUT2D eigenvalue weighted by atomic mass is 14.8. The number of hydrogen-bond donors (Lipinski definition) is 1. The van der Waals surface area contributed by atoms with E-state index in [1.165, 1.54) is 27.5 Å². The summed E-state index contributed by atoms with van der Waals surface area (Å²) in [6.45, 7) is 4.08. The van der Waals surface area contributed by atoms with Gasteiger partial charge in [0.25, 0.3) is 0 Å². The van der Waals surface area contributed by atoms with Gasteiger partial charge in [-0.25, -0.2) is 0 Å².